The van der Waals surface area contributed by atoms with Gasteiger partial charge in [-0.1, -0.05) is 33.8 Å². The summed E-state index contributed by atoms with van der Waals surface area (Å²) < 4.78 is 5.80. The molecule has 1 aromatic rings. The van der Waals surface area contributed by atoms with Gasteiger partial charge in [-0.2, -0.15) is 0 Å². The molecule has 0 aromatic heterocycles. The molecule has 0 atom stereocenters. The highest BCUT2D eigenvalue weighted by atomic mass is 16.5. The summed E-state index contributed by atoms with van der Waals surface area (Å²) in [5.41, 5.74) is 3.00. The van der Waals surface area contributed by atoms with Crippen molar-refractivity contribution < 1.29 is 14.8 Å². The van der Waals surface area contributed by atoms with Crippen LogP contribution in [0.25, 0.3) is 0 Å². The van der Waals surface area contributed by atoms with E-state index < -0.39 is 7.12 Å². The fraction of sp³-hybridized carbons (Fsp3) is 0.625. The van der Waals surface area contributed by atoms with E-state index in [1.807, 2.05) is 13.0 Å². The molecule has 1 aromatic carbocycles. The highest BCUT2D eigenvalue weighted by molar-refractivity contribution is 6.58. The van der Waals surface area contributed by atoms with Gasteiger partial charge in [0.25, 0.3) is 0 Å². The summed E-state index contributed by atoms with van der Waals surface area (Å²) in [6, 6.07) is 3.71. The maximum absolute atomic E-state index is 9.52. The van der Waals surface area contributed by atoms with E-state index in [0.717, 1.165) is 18.6 Å². The van der Waals surface area contributed by atoms with Crippen LogP contribution < -0.4 is 10.2 Å². The molecular formula is C16H25BO3. The van der Waals surface area contributed by atoms with Crippen molar-refractivity contribution in [3.8, 4) is 5.75 Å². The molecule has 1 aliphatic rings. The maximum atomic E-state index is 9.52. The first-order chi connectivity index (χ1) is 9.19. The van der Waals surface area contributed by atoms with Crippen LogP contribution in [0.1, 0.15) is 58.6 Å². The van der Waals surface area contributed by atoms with Crippen molar-refractivity contribution in [2.45, 2.75) is 58.3 Å². The summed E-state index contributed by atoms with van der Waals surface area (Å²) in [6.07, 6.45) is 2.19. The number of fused-ring (bicyclic) bond motifs is 1. The minimum absolute atomic E-state index is 0.0294. The van der Waals surface area contributed by atoms with E-state index in [0.29, 0.717) is 12.1 Å². The van der Waals surface area contributed by atoms with Crippen molar-refractivity contribution in [1.82, 2.24) is 0 Å². The van der Waals surface area contributed by atoms with E-state index in [9.17, 15) is 10.0 Å². The van der Waals surface area contributed by atoms with Gasteiger partial charge in [-0.15, -0.1) is 0 Å². The standard InChI is InChI=1S/C16H25BO3/c1-6-20-13-10-11(17(18)19)9-12-14(13)16(4,5)8-7-15(12,2)3/h9-10,18-19H,6-8H2,1-5H3. The number of benzene rings is 1. The van der Waals surface area contributed by atoms with Crippen LogP contribution in [0, 0.1) is 0 Å². The molecule has 1 aliphatic carbocycles. The highest BCUT2D eigenvalue weighted by Crippen LogP contribution is 2.48. The SMILES string of the molecule is CCOc1cc(B(O)O)cc2c1C(C)(C)CCC2(C)C. The molecule has 0 heterocycles. The van der Waals surface area contributed by atoms with E-state index in [4.69, 9.17) is 4.74 Å². The Labute approximate surface area is 122 Å². The fourth-order valence-corrected chi connectivity index (χ4v) is 3.17. The first kappa shape index (κ1) is 15.4. The summed E-state index contributed by atoms with van der Waals surface area (Å²) in [6.45, 7) is 11.4. The second-order valence-electron chi connectivity index (χ2n) is 7.02. The Bertz CT molecular complexity index is 507. The van der Waals surface area contributed by atoms with Gasteiger partial charge in [-0.05, 0) is 47.7 Å². The molecule has 2 rings (SSSR count). The summed E-state index contributed by atoms with van der Waals surface area (Å²) in [4.78, 5) is 0. The molecule has 110 valence electrons. The summed E-state index contributed by atoms with van der Waals surface area (Å²) in [5, 5.41) is 19.0. The summed E-state index contributed by atoms with van der Waals surface area (Å²) in [5.74, 6) is 0.797. The van der Waals surface area contributed by atoms with Gasteiger partial charge in [-0.3, -0.25) is 0 Å². The zero-order valence-corrected chi connectivity index (χ0v) is 13.2. The van der Waals surface area contributed by atoms with Crippen LogP contribution in [0.2, 0.25) is 0 Å². The van der Waals surface area contributed by atoms with E-state index in [1.165, 1.54) is 11.1 Å². The van der Waals surface area contributed by atoms with Gasteiger partial charge in [0.15, 0.2) is 0 Å². The molecule has 4 heteroatoms. The van der Waals surface area contributed by atoms with Gasteiger partial charge >= 0.3 is 7.12 Å². The van der Waals surface area contributed by atoms with Crippen LogP contribution in [0.3, 0.4) is 0 Å². The van der Waals surface area contributed by atoms with Gasteiger partial charge in [0.1, 0.15) is 5.75 Å². The topological polar surface area (TPSA) is 49.7 Å². The Hall–Kier alpha value is -0.995. The van der Waals surface area contributed by atoms with E-state index in [1.54, 1.807) is 6.07 Å². The molecule has 0 aliphatic heterocycles. The Balaban J connectivity index is 2.72. The second kappa shape index (κ2) is 5.08. The lowest BCUT2D eigenvalue weighted by Crippen LogP contribution is -2.38. The minimum atomic E-state index is -1.46. The molecule has 0 unspecified atom stereocenters. The van der Waals surface area contributed by atoms with Crippen LogP contribution in [0.15, 0.2) is 12.1 Å². The lowest BCUT2D eigenvalue weighted by Gasteiger charge is -2.43. The van der Waals surface area contributed by atoms with Gasteiger partial charge in [-0.25, -0.2) is 0 Å². The van der Waals surface area contributed by atoms with Gasteiger partial charge in [0, 0.05) is 5.56 Å². The number of ether oxygens (including phenoxy) is 1. The van der Waals surface area contributed by atoms with Crippen LogP contribution in [-0.4, -0.2) is 23.8 Å². The van der Waals surface area contributed by atoms with Crippen LogP contribution in [-0.2, 0) is 10.8 Å². The molecule has 3 nitrogen and oxygen atoms in total. The smallest absolute Gasteiger partial charge is 0.488 e. The summed E-state index contributed by atoms with van der Waals surface area (Å²) in [7, 11) is -1.46. The molecule has 0 saturated carbocycles. The first-order valence-electron chi connectivity index (χ1n) is 7.37. The Morgan fingerprint density at radius 2 is 1.70 bits per heavy atom. The minimum Gasteiger partial charge on any atom is -0.494 e. The molecule has 0 amide bonds. The Kier molecular flexibility index (Phi) is 3.91. The maximum Gasteiger partial charge on any atom is 0.488 e. The molecule has 20 heavy (non-hydrogen) atoms. The van der Waals surface area contributed by atoms with Crippen molar-refractivity contribution >= 4 is 12.6 Å². The number of hydrogen-bond donors (Lipinski definition) is 2. The molecule has 0 bridgehead atoms. The number of hydrogen-bond acceptors (Lipinski definition) is 3. The predicted octanol–water partition coefficient (Wildman–Crippen LogP) is 2.11. The molecule has 0 saturated heterocycles. The van der Waals surface area contributed by atoms with Crippen molar-refractivity contribution in [2.24, 2.45) is 0 Å². The lowest BCUT2D eigenvalue weighted by atomic mass is 9.61. The number of rotatable bonds is 3. The zero-order valence-electron chi connectivity index (χ0n) is 13.2. The molecular weight excluding hydrogens is 251 g/mol. The van der Waals surface area contributed by atoms with Crippen LogP contribution in [0.4, 0.5) is 0 Å². The summed E-state index contributed by atoms with van der Waals surface area (Å²) >= 11 is 0. The lowest BCUT2D eigenvalue weighted by molar-refractivity contribution is 0.292. The Morgan fingerprint density at radius 1 is 1.10 bits per heavy atom. The predicted molar refractivity (Wildman–Crippen MR) is 82.7 cm³/mol. The monoisotopic (exact) mass is 276 g/mol. The third-order valence-electron chi connectivity index (χ3n) is 4.50. The van der Waals surface area contributed by atoms with Crippen LogP contribution >= 0.6 is 0 Å². The van der Waals surface area contributed by atoms with E-state index in [-0.39, 0.29) is 10.8 Å². The van der Waals surface area contributed by atoms with Crippen molar-refractivity contribution in [3.05, 3.63) is 23.3 Å². The third kappa shape index (κ3) is 2.59. The highest BCUT2D eigenvalue weighted by Gasteiger charge is 2.40. The zero-order chi connectivity index (χ0) is 15.1. The van der Waals surface area contributed by atoms with Gasteiger partial charge < -0.3 is 14.8 Å². The fourth-order valence-electron chi connectivity index (χ4n) is 3.17. The Morgan fingerprint density at radius 3 is 2.25 bits per heavy atom. The quantitative estimate of drug-likeness (QED) is 0.831. The van der Waals surface area contributed by atoms with Crippen LogP contribution in [0.5, 0.6) is 5.75 Å². The normalized spacial score (nSPS) is 19.4. The molecule has 2 N–H and O–H groups in total. The third-order valence-corrected chi connectivity index (χ3v) is 4.50. The van der Waals surface area contributed by atoms with Gasteiger partial charge in [0.05, 0.1) is 6.61 Å². The molecule has 0 spiro atoms. The molecule has 0 fully saturated rings. The largest absolute Gasteiger partial charge is 0.494 e. The van der Waals surface area contributed by atoms with E-state index in [2.05, 4.69) is 27.7 Å². The second-order valence-corrected chi connectivity index (χ2v) is 7.02. The molecule has 0 radical (unpaired) electrons. The van der Waals surface area contributed by atoms with Crippen molar-refractivity contribution in [1.29, 1.82) is 0 Å². The average molecular weight is 276 g/mol. The first-order valence-corrected chi connectivity index (χ1v) is 7.37. The average Bonchev–Trinajstić information content (AvgIpc) is 2.34. The van der Waals surface area contributed by atoms with E-state index >= 15 is 0 Å². The van der Waals surface area contributed by atoms with Crippen molar-refractivity contribution in [2.75, 3.05) is 6.61 Å². The van der Waals surface area contributed by atoms with Gasteiger partial charge in [0.2, 0.25) is 0 Å². The van der Waals surface area contributed by atoms with Crippen molar-refractivity contribution in [3.63, 3.8) is 0 Å².